The van der Waals surface area contributed by atoms with Gasteiger partial charge in [-0.25, -0.2) is 47.4 Å². The highest BCUT2D eigenvalue weighted by Crippen LogP contribution is 2.40. The second-order valence-corrected chi connectivity index (χ2v) is 36.0. The van der Waals surface area contributed by atoms with Crippen LogP contribution in [0, 0.1) is 23.3 Å². The number of carbonyl (C=O) groups is 5. The summed E-state index contributed by atoms with van der Waals surface area (Å²) in [7, 11) is 0. The fraction of sp³-hybridized carbons (Fsp3) is 0.614. The number of nitrogens with one attached hydrogen (secondary N) is 1. The van der Waals surface area contributed by atoms with Gasteiger partial charge < -0.3 is 62.8 Å². The highest BCUT2D eigenvalue weighted by atomic mass is 27.2. The lowest BCUT2D eigenvalue weighted by molar-refractivity contribution is -0.275. The molecule has 0 aromatic heterocycles. The van der Waals surface area contributed by atoms with Crippen molar-refractivity contribution in [3.05, 3.63) is 142 Å². The third-order valence-corrected chi connectivity index (χ3v) is 20.6. The van der Waals surface area contributed by atoms with Crippen LogP contribution in [0.4, 0.5) is 71.9 Å². The van der Waals surface area contributed by atoms with Crippen molar-refractivity contribution in [1.29, 1.82) is 5.26 Å². The zero-order chi connectivity index (χ0) is 91.3. The molecule has 4 heterocycles. The molecular weight excluding hydrogens is 1610 g/mol. The molecule has 4 aliphatic heterocycles. The molecule has 0 bridgehead atoms. The number of amides is 4. The maximum Gasteiger partial charge on any atom is 0.573 e. The predicted molar refractivity (Wildman–Crippen MR) is 428 cm³/mol. The molecule has 668 valence electrons. The van der Waals surface area contributed by atoms with Gasteiger partial charge in [-0.3, -0.25) is 19.4 Å². The van der Waals surface area contributed by atoms with Crippen LogP contribution in [0.2, 0.25) is 10.6 Å². The number of nitrogens with zero attached hydrogens (tertiary/aromatic N) is 10. The minimum Gasteiger partial charge on any atom is -0.444 e. The Bertz CT molecular complexity index is 3950. The van der Waals surface area contributed by atoms with Crippen LogP contribution in [0.3, 0.4) is 0 Å². The molecule has 0 saturated carbocycles. The first kappa shape index (κ1) is 105. The maximum atomic E-state index is 12.4. The van der Waals surface area contributed by atoms with E-state index in [1.165, 1.54) is 72.8 Å². The lowest BCUT2D eigenvalue weighted by Crippen LogP contribution is -2.60. The Hall–Kier alpha value is -9.17. The number of halogens is 12. The number of carbonyl (C=O) groups excluding carboxylic acids is 5. The van der Waals surface area contributed by atoms with Crippen LogP contribution in [0.1, 0.15) is 191 Å². The third kappa shape index (κ3) is 38.3. The van der Waals surface area contributed by atoms with Gasteiger partial charge in [-0.2, -0.15) is 0 Å². The van der Waals surface area contributed by atoms with Crippen molar-refractivity contribution >= 4 is 44.8 Å². The van der Waals surface area contributed by atoms with E-state index in [-0.39, 0.29) is 59.4 Å². The van der Waals surface area contributed by atoms with Gasteiger partial charge in [-0.1, -0.05) is 55.3 Å². The van der Waals surface area contributed by atoms with Crippen LogP contribution in [0.5, 0.6) is 23.0 Å². The summed E-state index contributed by atoms with van der Waals surface area (Å²) in [6, 6.07) is 21.6. The molecule has 8 rings (SSSR count). The Morgan fingerprint density at radius 3 is 1.10 bits per heavy atom. The number of hydrogen-bond acceptors (Lipinski definition) is 18. The molecule has 4 aromatic carbocycles. The minimum absolute atomic E-state index is 0.0516. The second kappa shape index (κ2) is 46.2. The molecule has 4 aliphatic rings. The van der Waals surface area contributed by atoms with Gasteiger partial charge in [-0.05, 0) is 208 Å². The number of benzene rings is 4. The van der Waals surface area contributed by atoms with Gasteiger partial charge in [0.1, 0.15) is 51.7 Å². The van der Waals surface area contributed by atoms with Crippen molar-refractivity contribution in [1.82, 2.24) is 39.6 Å². The van der Waals surface area contributed by atoms with Gasteiger partial charge in [0.15, 0.2) is 0 Å². The van der Waals surface area contributed by atoms with E-state index < -0.39 is 86.0 Å². The minimum atomic E-state index is -4.77. The summed E-state index contributed by atoms with van der Waals surface area (Å²) in [5.74, 6) is -1.22. The molecule has 7 atom stereocenters. The van der Waals surface area contributed by atoms with Crippen LogP contribution >= 0.6 is 0 Å². The molecule has 1 N–H and O–H groups in total. The predicted octanol–water partition coefficient (Wildman–Crippen LogP) is 19.6. The summed E-state index contributed by atoms with van der Waals surface area (Å²) in [6.45, 7) is 60.0. The van der Waals surface area contributed by atoms with Crippen LogP contribution in [0.15, 0.2) is 97.1 Å². The zero-order valence-electron chi connectivity index (χ0n) is 72.0. The number of piperazine rings is 4. The number of ether oxygens (including phenoxy) is 8. The van der Waals surface area contributed by atoms with Gasteiger partial charge in [0.05, 0.1) is 11.1 Å². The van der Waals surface area contributed by atoms with Crippen LogP contribution in [-0.4, -0.2) is 230 Å². The Morgan fingerprint density at radius 2 is 0.817 bits per heavy atom. The summed E-state index contributed by atoms with van der Waals surface area (Å²) in [4.78, 5) is 81.5. The molecule has 4 aromatic rings. The van der Waals surface area contributed by atoms with Crippen molar-refractivity contribution in [2.24, 2.45) is 0 Å². The van der Waals surface area contributed by atoms with E-state index in [9.17, 15) is 76.7 Å². The fourth-order valence-electron chi connectivity index (χ4n) is 12.8. The molecule has 4 amide bonds. The van der Waals surface area contributed by atoms with Gasteiger partial charge in [0.25, 0.3) is 0 Å². The number of rotatable bonds is 15. The van der Waals surface area contributed by atoms with E-state index >= 15 is 0 Å². The van der Waals surface area contributed by atoms with E-state index in [0.717, 1.165) is 54.3 Å². The summed E-state index contributed by atoms with van der Waals surface area (Å²) in [5.41, 5.74) is -0.776. The highest BCUT2D eigenvalue weighted by Gasteiger charge is 2.49. The van der Waals surface area contributed by atoms with Gasteiger partial charge in [-0.15, -0.1) is 52.7 Å². The summed E-state index contributed by atoms with van der Waals surface area (Å²) in [5, 5.41) is 13.9. The molecule has 0 radical (unpaired) electrons. The lowest BCUT2D eigenvalue weighted by atomic mass is 9.92. The SMILES string of the molecule is CC[C@@H](c1ccc(OC(F)(F)F)cc1)N1CCN(C(=O)OC(C)(C)C)C[C@@H]1C.C[C@H]1CN(C(=O)OC(C)(C)C)CCN1.C[CH2][Al]([C]#N)[CH2]C.O=Cc1ccc(OC(F)(F)F)cc1.[C-]#[N+]C(CC)(c1ccc(OC(F)(F)F)cc1)N1CCN(C(=O)OC(C)(C)C)C[C@@H]1C.[C-]#[N+]C(c1ccc(OC(F)(F)F)cc1)N1CCN(C(=O)OC(C)(C)C)C[C@@H]1C. The molecule has 2 unspecified atom stereocenters. The monoisotopic (exact) mass is 1730 g/mol. The topological polar surface area (TPSA) is 226 Å². The number of hydrogen-bond donors (Lipinski definition) is 1. The fourth-order valence-corrected chi connectivity index (χ4v) is 13.8. The molecule has 0 spiro atoms. The first-order valence-corrected chi connectivity index (χ1v) is 41.5. The summed E-state index contributed by atoms with van der Waals surface area (Å²) in [6.07, 6.45) is -19.1. The van der Waals surface area contributed by atoms with E-state index in [1.807, 2.05) is 86.0 Å². The molecule has 4 fully saturated rings. The van der Waals surface area contributed by atoms with Crippen molar-refractivity contribution < 1.29 is 115 Å². The van der Waals surface area contributed by atoms with Crippen molar-refractivity contribution in [2.75, 3.05) is 78.5 Å². The Labute approximate surface area is 701 Å². The summed E-state index contributed by atoms with van der Waals surface area (Å²) >= 11 is -0.866. The molecule has 37 heteroatoms. The van der Waals surface area contributed by atoms with E-state index in [4.69, 9.17) is 37.4 Å². The standard InChI is InChI=1S/C21H28F3N3O3.C20H29F3N2O3.C19H24F3N3O3.C10H20N2O2.C8H5F3O2.2C2H5.CN.Al/c1-7-20(25-6,16-8-10-17(11-9-16)29-21(22,23)24)27-13-12-26(14-15(27)2)18(28)30-19(3,4)5;1-6-17(15-7-9-16(10-8-15)27-20(21,22)23)25-12-11-24(13-14(25)2)18(26)28-19(3,4)5;1-13-12-24(17(26)28-18(2,3)4)10-11-25(13)16(23-5)14-6-8-15(9-7-14)27-19(20,21)22;1-8-7-12(6-5-11-8)9(13)14-10(2,3)4;9-8(10,11)13-7-3-1-6(5-12)2-4-7;3*1-2;/h8-11,15H,7,12-14H2,1-5H3;7-10,14,17H,6,11-13H2,1-5H3;6-9,13,16H,10-12H2,1-4H3;8,11H,5-7H2,1-4H3;1-5H;2*1H2,2H3;;/t15-,20?;14-,17-;13-,16?;8-;;;;;/m0000...../s1. The van der Waals surface area contributed by atoms with Crippen molar-refractivity contribution in [3.8, 4) is 27.9 Å². The quantitative estimate of drug-likeness (QED) is 0.0384. The first-order chi connectivity index (χ1) is 55.3. The molecule has 120 heavy (non-hydrogen) atoms. The first-order valence-electron chi connectivity index (χ1n) is 39.3. The second-order valence-electron chi connectivity index (χ2n) is 32.7. The average molecular weight is 1730 g/mol. The molecule has 4 saturated heterocycles. The smallest absolute Gasteiger partial charge is 0.444 e. The third-order valence-electron chi connectivity index (χ3n) is 18.2. The number of alkyl halides is 12. The van der Waals surface area contributed by atoms with Crippen molar-refractivity contribution in [2.45, 2.75) is 252 Å². The van der Waals surface area contributed by atoms with Gasteiger partial charge in [0.2, 0.25) is 0 Å². The maximum absolute atomic E-state index is 12.4. The zero-order valence-corrected chi connectivity index (χ0v) is 73.1. The van der Waals surface area contributed by atoms with E-state index in [1.54, 1.807) is 73.3 Å². The number of aldehydes is 1. The van der Waals surface area contributed by atoms with Crippen LogP contribution in [0.25, 0.3) is 9.69 Å². The molecular formula is C83H116AlF12N11O13. The largest absolute Gasteiger partial charge is 0.573 e. The lowest BCUT2D eigenvalue weighted by Gasteiger charge is -2.44. The van der Waals surface area contributed by atoms with E-state index in [2.05, 4.69) is 64.6 Å². The number of nitriles is 1. The normalized spacial score (nSPS) is 18.7. The Morgan fingerprint density at radius 1 is 0.483 bits per heavy atom. The van der Waals surface area contributed by atoms with Crippen LogP contribution in [-0.2, 0) is 24.6 Å². The molecule has 0 aliphatic carbocycles. The van der Waals surface area contributed by atoms with Gasteiger partial charge in [0, 0.05) is 121 Å². The van der Waals surface area contributed by atoms with Crippen LogP contribution < -0.4 is 24.3 Å². The van der Waals surface area contributed by atoms with E-state index in [0.29, 0.717) is 94.3 Å². The Kier molecular flexibility index (Phi) is 40.4. The Balaban J connectivity index is 0.000000391. The molecule has 24 nitrogen and oxygen atoms in total. The van der Waals surface area contributed by atoms with Crippen molar-refractivity contribution in [3.63, 3.8) is 0 Å². The highest BCUT2D eigenvalue weighted by molar-refractivity contribution is 6.66. The summed E-state index contributed by atoms with van der Waals surface area (Å²) < 4.78 is 183. The van der Waals surface area contributed by atoms with Gasteiger partial charge >= 0.3 is 75.8 Å². The average Bonchev–Trinajstić information content (AvgIpc) is 0.764.